The molecule has 4 rings (SSSR count). The molecule has 0 spiro atoms. The third-order valence-electron chi connectivity index (χ3n) is 4.86. The predicted molar refractivity (Wildman–Crippen MR) is 83.0 cm³/mol. The lowest BCUT2D eigenvalue weighted by Crippen LogP contribution is -2.48. The van der Waals surface area contributed by atoms with Crippen molar-refractivity contribution in [1.82, 2.24) is 9.80 Å². The highest BCUT2D eigenvalue weighted by molar-refractivity contribution is 6.06. The van der Waals surface area contributed by atoms with Crippen LogP contribution in [0.3, 0.4) is 0 Å². The van der Waals surface area contributed by atoms with Gasteiger partial charge in [-0.15, -0.1) is 0 Å². The van der Waals surface area contributed by atoms with Crippen molar-refractivity contribution in [3.63, 3.8) is 0 Å². The standard InChI is InChI=1S/C17H21N3O/c21-17-13-7-2-3-8-14(13)18-16(15-9-6-12-20(15)17)19-10-4-1-5-11-19/h2-3,7-8,15H,1,4-6,9-12H2/t15-/m0/s1. The van der Waals surface area contributed by atoms with Gasteiger partial charge in [0.15, 0.2) is 0 Å². The van der Waals surface area contributed by atoms with Crippen LogP contribution in [0.25, 0.3) is 0 Å². The number of piperidine rings is 1. The number of amides is 1. The van der Waals surface area contributed by atoms with Crippen LogP contribution in [-0.4, -0.2) is 47.2 Å². The molecular formula is C17H21N3O. The molecule has 0 radical (unpaired) electrons. The van der Waals surface area contributed by atoms with Crippen LogP contribution in [-0.2, 0) is 0 Å². The largest absolute Gasteiger partial charge is 0.358 e. The SMILES string of the molecule is O=C1c2ccccc2N=C(N2CCCCC2)[C@@H]2CCCN12. The van der Waals surface area contributed by atoms with Gasteiger partial charge in [0, 0.05) is 19.6 Å². The van der Waals surface area contributed by atoms with Gasteiger partial charge >= 0.3 is 0 Å². The molecule has 1 aromatic carbocycles. The van der Waals surface area contributed by atoms with E-state index >= 15 is 0 Å². The number of benzene rings is 1. The van der Waals surface area contributed by atoms with Crippen LogP contribution in [0.4, 0.5) is 5.69 Å². The Morgan fingerprint density at radius 3 is 2.67 bits per heavy atom. The number of para-hydroxylation sites is 1. The Hall–Kier alpha value is -1.84. The smallest absolute Gasteiger partial charge is 0.256 e. The van der Waals surface area contributed by atoms with Gasteiger partial charge in [0.25, 0.3) is 5.91 Å². The maximum atomic E-state index is 12.8. The van der Waals surface area contributed by atoms with Gasteiger partial charge in [-0.25, -0.2) is 4.99 Å². The molecule has 21 heavy (non-hydrogen) atoms. The molecular weight excluding hydrogens is 262 g/mol. The lowest BCUT2D eigenvalue weighted by Gasteiger charge is -2.34. The van der Waals surface area contributed by atoms with Crippen LogP contribution in [0.1, 0.15) is 42.5 Å². The Kier molecular flexibility index (Phi) is 3.17. The molecule has 0 N–H and O–H groups in total. The average Bonchev–Trinajstić information content (AvgIpc) is 2.98. The van der Waals surface area contributed by atoms with Crippen LogP contribution >= 0.6 is 0 Å². The zero-order chi connectivity index (χ0) is 14.2. The van der Waals surface area contributed by atoms with E-state index in [2.05, 4.69) is 4.90 Å². The minimum absolute atomic E-state index is 0.156. The summed E-state index contributed by atoms with van der Waals surface area (Å²) < 4.78 is 0. The summed E-state index contributed by atoms with van der Waals surface area (Å²) in [4.78, 5) is 22.2. The number of hydrogen-bond donors (Lipinski definition) is 0. The fourth-order valence-corrected chi connectivity index (χ4v) is 3.79. The van der Waals surface area contributed by atoms with E-state index in [1.807, 2.05) is 29.2 Å². The number of hydrogen-bond acceptors (Lipinski definition) is 3. The van der Waals surface area contributed by atoms with Crippen LogP contribution in [0.15, 0.2) is 29.3 Å². The van der Waals surface area contributed by atoms with Crippen molar-refractivity contribution in [2.45, 2.75) is 38.1 Å². The average molecular weight is 283 g/mol. The van der Waals surface area contributed by atoms with Crippen LogP contribution in [0.2, 0.25) is 0 Å². The van der Waals surface area contributed by atoms with Gasteiger partial charge < -0.3 is 9.80 Å². The number of fused-ring (bicyclic) bond motifs is 2. The van der Waals surface area contributed by atoms with Crippen molar-refractivity contribution >= 4 is 17.4 Å². The van der Waals surface area contributed by atoms with E-state index in [0.29, 0.717) is 0 Å². The zero-order valence-corrected chi connectivity index (χ0v) is 12.3. The molecule has 0 aromatic heterocycles. The monoisotopic (exact) mass is 283 g/mol. The van der Waals surface area contributed by atoms with Gasteiger partial charge in [-0.1, -0.05) is 12.1 Å². The lowest BCUT2D eigenvalue weighted by atomic mass is 10.1. The molecule has 1 aromatic rings. The quantitative estimate of drug-likeness (QED) is 0.734. The second-order valence-electron chi connectivity index (χ2n) is 6.19. The number of rotatable bonds is 0. The molecule has 2 saturated heterocycles. The fourth-order valence-electron chi connectivity index (χ4n) is 3.79. The van der Waals surface area contributed by atoms with Crippen molar-refractivity contribution in [2.24, 2.45) is 4.99 Å². The van der Waals surface area contributed by atoms with Gasteiger partial charge in [0.05, 0.1) is 17.3 Å². The Morgan fingerprint density at radius 2 is 1.81 bits per heavy atom. The first-order chi connectivity index (χ1) is 10.3. The van der Waals surface area contributed by atoms with E-state index in [4.69, 9.17) is 4.99 Å². The molecule has 3 aliphatic heterocycles. The first-order valence-electron chi connectivity index (χ1n) is 8.08. The number of carbonyl (C=O) groups is 1. The number of carbonyl (C=O) groups excluding carboxylic acids is 1. The van der Waals surface area contributed by atoms with Crippen molar-refractivity contribution < 1.29 is 4.79 Å². The third kappa shape index (κ3) is 2.13. The third-order valence-corrected chi connectivity index (χ3v) is 4.86. The summed E-state index contributed by atoms with van der Waals surface area (Å²) in [6.07, 6.45) is 5.93. The van der Waals surface area contributed by atoms with E-state index in [-0.39, 0.29) is 11.9 Å². The van der Waals surface area contributed by atoms with Crippen molar-refractivity contribution in [1.29, 1.82) is 0 Å². The number of amidine groups is 1. The first kappa shape index (κ1) is 12.9. The van der Waals surface area contributed by atoms with E-state index in [0.717, 1.165) is 49.6 Å². The summed E-state index contributed by atoms with van der Waals surface area (Å²) in [5.41, 5.74) is 1.61. The van der Waals surface area contributed by atoms with Gasteiger partial charge in [0.1, 0.15) is 5.84 Å². The highest BCUT2D eigenvalue weighted by atomic mass is 16.2. The predicted octanol–water partition coefficient (Wildman–Crippen LogP) is 2.82. The Bertz CT molecular complexity index is 589. The molecule has 2 fully saturated rings. The zero-order valence-electron chi connectivity index (χ0n) is 12.3. The number of nitrogens with zero attached hydrogens (tertiary/aromatic N) is 3. The highest BCUT2D eigenvalue weighted by Gasteiger charge is 2.38. The van der Waals surface area contributed by atoms with E-state index in [1.54, 1.807) is 0 Å². The Morgan fingerprint density at radius 1 is 1.00 bits per heavy atom. The molecule has 0 unspecified atom stereocenters. The van der Waals surface area contributed by atoms with Gasteiger partial charge in [-0.2, -0.15) is 0 Å². The number of likely N-dealkylation sites (tertiary alicyclic amines) is 1. The molecule has 4 heteroatoms. The number of aliphatic imine (C=N–C) groups is 1. The Labute approximate surface area is 125 Å². The summed E-state index contributed by atoms with van der Waals surface area (Å²) in [6.45, 7) is 3.03. The topological polar surface area (TPSA) is 35.9 Å². The maximum absolute atomic E-state index is 12.8. The minimum atomic E-state index is 0.156. The second-order valence-corrected chi connectivity index (χ2v) is 6.19. The molecule has 110 valence electrons. The summed E-state index contributed by atoms with van der Waals surface area (Å²) in [6, 6.07) is 7.97. The molecule has 0 saturated carbocycles. The first-order valence-corrected chi connectivity index (χ1v) is 8.08. The molecule has 3 aliphatic rings. The molecule has 1 amide bonds. The normalized spacial score (nSPS) is 25.2. The van der Waals surface area contributed by atoms with Gasteiger partial charge in [0.2, 0.25) is 0 Å². The van der Waals surface area contributed by atoms with Crippen LogP contribution < -0.4 is 0 Å². The van der Waals surface area contributed by atoms with Crippen LogP contribution in [0.5, 0.6) is 0 Å². The maximum Gasteiger partial charge on any atom is 0.256 e. The van der Waals surface area contributed by atoms with Crippen molar-refractivity contribution in [3.05, 3.63) is 29.8 Å². The summed E-state index contributed by atoms with van der Waals surface area (Å²) in [5.74, 6) is 1.29. The highest BCUT2D eigenvalue weighted by Crippen LogP contribution is 2.32. The second kappa shape index (κ2) is 5.17. The molecule has 0 aliphatic carbocycles. The summed E-state index contributed by atoms with van der Waals surface area (Å²) >= 11 is 0. The molecule has 0 bridgehead atoms. The minimum Gasteiger partial charge on any atom is -0.358 e. The van der Waals surface area contributed by atoms with E-state index in [1.165, 1.54) is 19.3 Å². The van der Waals surface area contributed by atoms with E-state index < -0.39 is 0 Å². The summed E-state index contributed by atoms with van der Waals surface area (Å²) in [5, 5.41) is 0. The molecule has 1 atom stereocenters. The van der Waals surface area contributed by atoms with Gasteiger partial charge in [-0.05, 0) is 44.2 Å². The van der Waals surface area contributed by atoms with Crippen molar-refractivity contribution in [2.75, 3.05) is 19.6 Å². The van der Waals surface area contributed by atoms with Gasteiger partial charge in [-0.3, -0.25) is 4.79 Å². The molecule has 4 nitrogen and oxygen atoms in total. The molecule has 3 heterocycles. The lowest BCUT2D eigenvalue weighted by molar-refractivity contribution is 0.0766. The fraction of sp³-hybridized carbons (Fsp3) is 0.529. The van der Waals surface area contributed by atoms with E-state index in [9.17, 15) is 4.79 Å². The Balaban J connectivity index is 1.80. The van der Waals surface area contributed by atoms with Crippen LogP contribution in [0, 0.1) is 0 Å². The summed E-state index contributed by atoms with van der Waals surface area (Å²) in [7, 11) is 0. The van der Waals surface area contributed by atoms with Crippen molar-refractivity contribution in [3.8, 4) is 0 Å².